The Morgan fingerprint density at radius 3 is 2.64 bits per heavy atom. The first-order chi connectivity index (χ1) is 11.7. The summed E-state index contributed by atoms with van der Waals surface area (Å²) in [5.41, 5.74) is 0.647. The molecule has 1 aromatic carbocycles. The van der Waals surface area contributed by atoms with Crippen molar-refractivity contribution < 1.29 is 13.9 Å². The van der Waals surface area contributed by atoms with Crippen molar-refractivity contribution in [2.75, 3.05) is 13.7 Å². The van der Waals surface area contributed by atoms with Crippen LogP contribution < -0.4 is 0 Å². The number of benzene rings is 1. The molecule has 0 aliphatic heterocycles. The summed E-state index contributed by atoms with van der Waals surface area (Å²) >= 11 is 11.5. The van der Waals surface area contributed by atoms with Gasteiger partial charge in [0.25, 0.3) is 4.84 Å². The molecule has 0 unspecified atom stereocenters. The van der Waals surface area contributed by atoms with Crippen molar-refractivity contribution in [1.82, 2.24) is 14.7 Å². The maximum atomic E-state index is 11.8. The van der Waals surface area contributed by atoms with Crippen LogP contribution in [0, 0.1) is 4.84 Å². The van der Waals surface area contributed by atoms with Crippen molar-refractivity contribution in [2.24, 2.45) is 0 Å². The molecule has 1 heterocycles. The molecule has 0 aliphatic rings. The molecular formula is C17H22ClN3O3S. The number of aromatic nitrogens is 2. The summed E-state index contributed by atoms with van der Waals surface area (Å²) in [6.45, 7) is 6.81. The Kier molecular flexibility index (Phi) is 6.37. The van der Waals surface area contributed by atoms with E-state index in [0.717, 1.165) is 5.56 Å². The number of carbonyl (C=O) groups excluding carboxylic acids is 1. The Bertz CT molecular complexity index is 795. The van der Waals surface area contributed by atoms with Crippen LogP contribution in [0.5, 0.6) is 0 Å². The maximum absolute atomic E-state index is 11.8. The minimum atomic E-state index is -0.349. The van der Waals surface area contributed by atoms with Crippen LogP contribution in [-0.4, -0.2) is 34.3 Å². The largest absolute Gasteiger partial charge is 0.468 e. The Morgan fingerprint density at radius 2 is 2.08 bits per heavy atom. The molecule has 0 atom stereocenters. The van der Waals surface area contributed by atoms with Gasteiger partial charge in [-0.2, -0.15) is 0 Å². The third kappa shape index (κ3) is 5.39. The van der Waals surface area contributed by atoms with Crippen molar-refractivity contribution in [2.45, 2.75) is 39.4 Å². The average Bonchev–Trinajstić information content (AvgIpc) is 2.90. The second-order valence-electron chi connectivity index (χ2n) is 6.72. The molecule has 25 heavy (non-hydrogen) atoms. The second-order valence-corrected chi connectivity index (χ2v) is 7.48. The van der Waals surface area contributed by atoms with Gasteiger partial charge in [-0.15, -0.1) is 5.10 Å². The predicted octanol–water partition coefficient (Wildman–Crippen LogP) is 3.79. The van der Waals surface area contributed by atoms with E-state index in [2.05, 4.69) is 5.10 Å². The van der Waals surface area contributed by atoms with Gasteiger partial charge in [0, 0.05) is 17.0 Å². The standard InChI is InChI=1S/C17H22ClN3O3S/c1-17(2,3)15-19-21(16(25)24-15)11-20(10-14(22)23-4)9-12-7-5-6-8-13(12)18/h5-8H,9-11H2,1-4H3. The van der Waals surface area contributed by atoms with Gasteiger partial charge in [-0.25, -0.2) is 4.68 Å². The normalized spacial score (nSPS) is 11.8. The molecular weight excluding hydrogens is 362 g/mol. The quantitative estimate of drug-likeness (QED) is 0.558. The highest BCUT2D eigenvalue weighted by Gasteiger charge is 2.22. The molecule has 8 heteroatoms. The van der Waals surface area contributed by atoms with Gasteiger partial charge in [0.1, 0.15) is 0 Å². The fourth-order valence-electron chi connectivity index (χ4n) is 2.16. The van der Waals surface area contributed by atoms with Gasteiger partial charge in [0.15, 0.2) is 0 Å². The highest BCUT2D eigenvalue weighted by Crippen LogP contribution is 2.21. The Labute approximate surface area is 157 Å². The van der Waals surface area contributed by atoms with Crippen molar-refractivity contribution >= 4 is 29.8 Å². The van der Waals surface area contributed by atoms with E-state index in [9.17, 15) is 4.79 Å². The number of methoxy groups -OCH3 is 1. The van der Waals surface area contributed by atoms with Gasteiger partial charge in [-0.1, -0.05) is 50.6 Å². The lowest BCUT2D eigenvalue weighted by Crippen LogP contribution is -2.32. The summed E-state index contributed by atoms with van der Waals surface area (Å²) in [4.78, 5) is 13.9. The molecule has 0 radical (unpaired) electrons. The van der Waals surface area contributed by atoms with Crippen LogP contribution in [0.2, 0.25) is 5.02 Å². The van der Waals surface area contributed by atoms with E-state index in [1.807, 2.05) is 49.9 Å². The lowest BCUT2D eigenvalue weighted by atomic mass is 9.97. The maximum Gasteiger partial charge on any atom is 0.319 e. The first-order valence-electron chi connectivity index (χ1n) is 7.81. The summed E-state index contributed by atoms with van der Waals surface area (Å²) in [5.74, 6) is 0.200. The van der Waals surface area contributed by atoms with E-state index in [1.54, 1.807) is 4.68 Å². The van der Waals surface area contributed by atoms with Crippen LogP contribution in [0.4, 0.5) is 0 Å². The Hall–Kier alpha value is -1.70. The van der Waals surface area contributed by atoms with Crippen molar-refractivity contribution in [3.05, 3.63) is 45.6 Å². The fourth-order valence-corrected chi connectivity index (χ4v) is 2.53. The first kappa shape index (κ1) is 19.6. The third-order valence-corrected chi connectivity index (χ3v) is 4.18. The Balaban J connectivity index is 2.25. The average molecular weight is 384 g/mol. The van der Waals surface area contributed by atoms with Crippen molar-refractivity contribution in [3.8, 4) is 0 Å². The fraction of sp³-hybridized carbons (Fsp3) is 0.471. The molecule has 2 aromatic rings. The molecule has 1 aromatic heterocycles. The van der Waals surface area contributed by atoms with E-state index in [1.165, 1.54) is 7.11 Å². The molecule has 0 bridgehead atoms. The van der Waals surface area contributed by atoms with E-state index in [0.29, 0.717) is 24.1 Å². The summed E-state index contributed by atoms with van der Waals surface area (Å²) in [5, 5.41) is 5.07. The van der Waals surface area contributed by atoms with Gasteiger partial charge in [-0.3, -0.25) is 9.69 Å². The van der Waals surface area contributed by atoms with Crippen LogP contribution in [0.3, 0.4) is 0 Å². The number of rotatable bonds is 6. The number of esters is 1. The van der Waals surface area contributed by atoms with E-state index < -0.39 is 0 Å². The van der Waals surface area contributed by atoms with E-state index in [4.69, 9.17) is 33.0 Å². The lowest BCUT2D eigenvalue weighted by Gasteiger charge is -2.21. The number of halogens is 1. The minimum Gasteiger partial charge on any atom is -0.468 e. The molecule has 0 N–H and O–H groups in total. The van der Waals surface area contributed by atoms with Crippen LogP contribution in [0.25, 0.3) is 0 Å². The van der Waals surface area contributed by atoms with Gasteiger partial charge in [0.05, 0.1) is 20.3 Å². The molecule has 2 rings (SSSR count). The molecule has 0 saturated heterocycles. The topological polar surface area (TPSA) is 60.5 Å². The zero-order valence-corrected chi connectivity index (χ0v) is 16.4. The van der Waals surface area contributed by atoms with Crippen LogP contribution in [-0.2, 0) is 28.2 Å². The monoisotopic (exact) mass is 383 g/mol. The molecule has 0 aliphatic carbocycles. The summed E-state index contributed by atoms with van der Waals surface area (Å²) in [6, 6.07) is 7.48. The second kappa shape index (κ2) is 8.12. The molecule has 0 spiro atoms. The van der Waals surface area contributed by atoms with E-state index >= 15 is 0 Å². The molecule has 0 fully saturated rings. The molecule has 136 valence electrons. The summed E-state index contributed by atoms with van der Waals surface area (Å²) in [6.07, 6.45) is 0. The number of hydrogen-bond donors (Lipinski definition) is 0. The van der Waals surface area contributed by atoms with Crippen molar-refractivity contribution in [3.63, 3.8) is 0 Å². The zero-order valence-electron chi connectivity index (χ0n) is 14.8. The Morgan fingerprint density at radius 1 is 1.40 bits per heavy atom. The number of hydrogen-bond acceptors (Lipinski definition) is 6. The van der Waals surface area contributed by atoms with Gasteiger partial charge >= 0.3 is 5.97 Å². The predicted molar refractivity (Wildman–Crippen MR) is 97.9 cm³/mol. The van der Waals surface area contributed by atoms with E-state index in [-0.39, 0.29) is 22.8 Å². The first-order valence-corrected chi connectivity index (χ1v) is 8.60. The van der Waals surface area contributed by atoms with Gasteiger partial charge < -0.3 is 9.15 Å². The number of ether oxygens (including phenoxy) is 1. The lowest BCUT2D eigenvalue weighted by molar-refractivity contribution is -0.142. The summed E-state index contributed by atoms with van der Waals surface area (Å²) < 4.78 is 11.9. The van der Waals surface area contributed by atoms with Gasteiger partial charge in [0.2, 0.25) is 5.89 Å². The van der Waals surface area contributed by atoms with Crippen molar-refractivity contribution in [1.29, 1.82) is 0 Å². The van der Waals surface area contributed by atoms with Crippen LogP contribution in [0.1, 0.15) is 32.2 Å². The molecule has 6 nitrogen and oxygen atoms in total. The SMILES string of the molecule is COC(=O)CN(Cc1ccccc1Cl)Cn1nc(C(C)(C)C)oc1=S. The zero-order chi connectivity index (χ0) is 18.6. The smallest absolute Gasteiger partial charge is 0.319 e. The summed E-state index contributed by atoms with van der Waals surface area (Å²) in [7, 11) is 1.36. The third-order valence-electron chi connectivity index (χ3n) is 3.51. The molecule has 0 amide bonds. The van der Waals surface area contributed by atoms with Crippen LogP contribution in [0.15, 0.2) is 28.7 Å². The number of nitrogens with zero attached hydrogens (tertiary/aromatic N) is 3. The molecule has 0 saturated carbocycles. The van der Waals surface area contributed by atoms with Gasteiger partial charge in [-0.05, 0) is 23.8 Å². The highest BCUT2D eigenvalue weighted by molar-refractivity contribution is 7.71. The highest BCUT2D eigenvalue weighted by atomic mass is 35.5. The minimum absolute atomic E-state index is 0.0845. The van der Waals surface area contributed by atoms with Crippen LogP contribution >= 0.6 is 23.8 Å². The number of carbonyl (C=O) groups is 1.